The van der Waals surface area contributed by atoms with Crippen LogP contribution in [0.1, 0.15) is 46.0 Å². The minimum Gasteiger partial charge on any atom is -0.316 e. The maximum atomic E-state index is 3.62. The van der Waals surface area contributed by atoms with E-state index in [1.165, 1.54) is 56.7 Å². The van der Waals surface area contributed by atoms with E-state index < -0.39 is 0 Å². The van der Waals surface area contributed by atoms with Crippen LogP contribution < -0.4 is 5.32 Å². The highest BCUT2D eigenvalue weighted by Gasteiger charge is 2.34. The van der Waals surface area contributed by atoms with Gasteiger partial charge in [-0.3, -0.25) is 0 Å². The Morgan fingerprint density at radius 1 is 1.29 bits per heavy atom. The van der Waals surface area contributed by atoms with Crippen LogP contribution >= 0.6 is 11.8 Å². The van der Waals surface area contributed by atoms with E-state index in [1.807, 2.05) is 0 Å². The van der Waals surface area contributed by atoms with Gasteiger partial charge in [-0.2, -0.15) is 11.8 Å². The molecule has 0 aliphatic heterocycles. The first-order chi connectivity index (χ1) is 6.83. The standard InChI is InChI=1S/C12H25NS/c1-3-12(7-5-8-12)11-13-9-6-10-14-4-2/h13H,3-11H2,1-2H3. The summed E-state index contributed by atoms with van der Waals surface area (Å²) in [6.45, 7) is 7.06. The summed E-state index contributed by atoms with van der Waals surface area (Å²) in [4.78, 5) is 0. The van der Waals surface area contributed by atoms with Crippen LogP contribution in [0.15, 0.2) is 0 Å². The summed E-state index contributed by atoms with van der Waals surface area (Å²) in [5, 5.41) is 3.62. The van der Waals surface area contributed by atoms with E-state index >= 15 is 0 Å². The molecule has 0 saturated heterocycles. The molecule has 0 aromatic heterocycles. The molecule has 0 atom stereocenters. The van der Waals surface area contributed by atoms with Crippen molar-refractivity contribution in [3.63, 3.8) is 0 Å². The van der Waals surface area contributed by atoms with Crippen molar-refractivity contribution < 1.29 is 0 Å². The van der Waals surface area contributed by atoms with Gasteiger partial charge in [0.25, 0.3) is 0 Å². The number of nitrogens with one attached hydrogen (secondary N) is 1. The lowest BCUT2D eigenvalue weighted by molar-refractivity contribution is 0.124. The van der Waals surface area contributed by atoms with Gasteiger partial charge in [0.1, 0.15) is 0 Å². The van der Waals surface area contributed by atoms with E-state index in [1.54, 1.807) is 0 Å². The molecule has 0 aromatic rings. The molecule has 0 aromatic carbocycles. The Morgan fingerprint density at radius 3 is 2.57 bits per heavy atom. The van der Waals surface area contributed by atoms with E-state index in [0.29, 0.717) is 5.41 Å². The van der Waals surface area contributed by atoms with E-state index in [4.69, 9.17) is 0 Å². The van der Waals surface area contributed by atoms with Gasteiger partial charge in [0.2, 0.25) is 0 Å². The van der Waals surface area contributed by atoms with Crippen molar-refractivity contribution in [3.05, 3.63) is 0 Å². The molecular weight excluding hydrogens is 190 g/mol. The number of hydrogen-bond acceptors (Lipinski definition) is 2. The lowest BCUT2D eigenvalue weighted by Crippen LogP contribution is -2.39. The van der Waals surface area contributed by atoms with Gasteiger partial charge in [0, 0.05) is 6.54 Å². The quantitative estimate of drug-likeness (QED) is 0.624. The van der Waals surface area contributed by atoms with E-state index in [-0.39, 0.29) is 0 Å². The normalized spacial score (nSPS) is 19.3. The van der Waals surface area contributed by atoms with Gasteiger partial charge < -0.3 is 5.32 Å². The second-order valence-electron chi connectivity index (χ2n) is 4.43. The van der Waals surface area contributed by atoms with Crippen LogP contribution in [0.4, 0.5) is 0 Å². The molecule has 0 radical (unpaired) electrons. The zero-order valence-electron chi connectivity index (χ0n) is 9.77. The fourth-order valence-electron chi connectivity index (χ4n) is 2.13. The molecule has 1 fully saturated rings. The van der Waals surface area contributed by atoms with Crippen molar-refractivity contribution >= 4 is 11.8 Å². The smallest absolute Gasteiger partial charge is 0.000771 e. The first kappa shape index (κ1) is 12.4. The largest absolute Gasteiger partial charge is 0.316 e. The molecule has 0 bridgehead atoms. The summed E-state index contributed by atoms with van der Waals surface area (Å²) in [6, 6.07) is 0. The molecule has 14 heavy (non-hydrogen) atoms. The van der Waals surface area contributed by atoms with Crippen LogP contribution in [-0.4, -0.2) is 24.6 Å². The summed E-state index contributed by atoms with van der Waals surface area (Å²) in [7, 11) is 0. The highest BCUT2D eigenvalue weighted by atomic mass is 32.2. The summed E-state index contributed by atoms with van der Waals surface area (Å²) >= 11 is 2.05. The van der Waals surface area contributed by atoms with Crippen molar-refractivity contribution in [2.75, 3.05) is 24.6 Å². The minimum absolute atomic E-state index is 0.692. The second kappa shape index (κ2) is 6.73. The van der Waals surface area contributed by atoms with Crippen LogP contribution in [0.25, 0.3) is 0 Å². The van der Waals surface area contributed by atoms with E-state index in [9.17, 15) is 0 Å². The van der Waals surface area contributed by atoms with Gasteiger partial charge >= 0.3 is 0 Å². The monoisotopic (exact) mass is 215 g/mol. The zero-order valence-corrected chi connectivity index (χ0v) is 10.6. The number of hydrogen-bond donors (Lipinski definition) is 1. The van der Waals surface area contributed by atoms with E-state index in [0.717, 1.165) is 0 Å². The SMILES string of the molecule is CCSCCCNCC1(CC)CCC1. The van der Waals surface area contributed by atoms with Crippen molar-refractivity contribution in [1.29, 1.82) is 0 Å². The van der Waals surface area contributed by atoms with Gasteiger partial charge in [-0.1, -0.05) is 20.3 Å². The first-order valence-corrected chi connectivity index (χ1v) is 7.27. The summed E-state index contributed by atoms with van der Waals surface area (Å²) in [5.41, 5.74) is 0.692. The fraction of sp³-hybridized carbons (Fsp3) is 1.00. The summed E-state index contributed by atoms with van der Waals surface area (Å²) < 4.78 is 0. The summed E-state index contributed by atoms with van der Waals surface area (Å²) in [5.74, 6) is 2.58. The molecule has 0 amide bonds. The van der Waals surface area contributed by atoms with Gasteiger partial charge in [-0.05, 0) is 49.1 Å². The second-order valence-corrected chi connectivity index (χ2v) is 5.83. The molecule has 0 unspecified atom stereocenters. The van der Waals surface area contributed by atoms with Crippen molar-refractivity contribution in [1.82, 2.24) is 5.32 Å². The highest BCUT2D eigenvalue weighted by Crippen LogP contribution is 2.42. The van der Waals surface area contributed by atoms with Crippen molar-refractivity contribution in [3.8, 4) is 0 Å². The van der Waals surface area contributed by atoms with Crippen LogP contribution in [0.3, 0.4) is 0 Å². The van der Waals surface area contributed by atoms with Crippen LogP contribution in [-0.2, 0) is 0 Å². The lowest BCUT2D eigenvalue weighted by Gasteiger charge is -2.41. The van der Waals surface area contributed by atoms with Gasteiger partial charge in [-0.25, -0.2) is 0 Å². The molecule has 1 aliphatic rings. The summed E-state index contributed by atoms with van der Waals surface area (Å²) in [6.07, 6.45) is 7.07. The maximum Gasteiger partial charge on any atom is 0.000771 e. The number of rotatable bonds is 8. The van der Waals surface area contributed by atoms with Gasteiger partial charge in [0.15, 0.2) is 0 Å². The number of thioether (sulfide) groups is 1. The van der Waals surface area contributed by atoms with Crippen molar-refractivity contribution in [2.24, 2.45) is 5.41 Å². The maximum absolute atomic E-state index is 3.62. The Hall–Kier alpha value is 0.310. The Bertz CT molecular complexity index is 138. The van der Waals surface area contributed by atoms with Crippen LogP contribution in [0.2, 0.25) is 0 Å². The molecule has 1 saturated carbocycles. The lowest BCUT2D eigenvalue weighted by atomic mass is 9.67. The van der Waals surface area contributed by atoms with Crippen LogP contribution in [0, 0.1) is 5.41 Å². The third kappa shape index (κ3) is 3.82. The average Bonchev–Trinajstić information content (AvgIpc) is 2.15. The third-order valence-corrected chi connectivity index (χ3v) is 4.50. The molecule has 1 aliphatic carbocycles. The highest BCUT2D eigenvalue weighted by molar-refractivity contribution is 7.99. The molecular formula is C12H25NS. The molecule has 84 valence electrons. The molecule has 1 nitrogen and oxygen atoms in total. The molecule has 2 heteroatoms. The predicted molar refractivity (Wildman–Crippen MR) is 67.1 cm³/mol. The van der Waals surface area contributed by atoms with Gasteiger partial charge in [-0.15, -0.1) is 0 Å². The Kier molecular flexibility index (Phi) is 5.95. The van der Waals surface area contributed by atoms with Crippen molar-refractivity contribution in [2.45, 2.75) is 46.0 Å². The topological polar surface area (TPSA) is 12.0 Å². The zero-order chi connectivity index (χ0) is 10.3. The minimum atomic E-state index is 0.692. The molecule has 0 heterocycles. The Morgan fingerprint density at radius 2 is 2.07 bits per heavy atom. The first-order valence-electron chi connectivity index (χ1n) is 6.11. The Balaban J connectivity index is 1.92. The average molecular weight is 215 g/mol. The Labute approximate surface area is 93.4 Å². The van der Waals surface area contributed by atoms with Gasteiger partial charge in [0.05, 0.1) is 0 Å². The predicted octanol–water partition coefficient (Wildman–Crippen LogP) is 3.30. The molecule has 0 spiro atoms. The third-order valence-electron chi connectivity index (χ3n) is 3.51. The fourth-order valence-corrected chi connectivity index (χ4v) is 2.77. The van der Waals surface area contributed by atoms with Crippen LogP contribution in [0.5, 0.6) is 0 Å². The molecule has 1 N–H and O–H groups in total. The molecule has 1 rings (SSSR count). The van der Waals surface area contributed by atoms with E-state index in [2.05, 4.69) is 30.9 Å².